The Labute approximate surface area is 386 Å². The third-order valence-corrected chi connectivity index (χ3v) is 14.4. The second-order valence-corrected chi connectivity index (χ2v) is 20.3. The number of alkyl halides is 1. The number of halogens is 1. The third-order valence-electron chi connectivity index (χ3n) is 13.9. The fourth-order valence-electron chi connectivity index (χ4n) is 10.5. The first kappa shape index (κ1) is 49.7. The van der Waals surface area contributed by atoms with Gasteiger partial charge in [-0.2, -0.15) is 0 Å². The summed E-state index contributed by atoms with van der Waals surface area (Å²) in [5.41, 5.74) is -8.50. The normalized spacial score (nSPS) is 32.3. The van der Waals surface area contributed by atoms with Crippen molar-refractivity contribution < 1.29 is 72.2 Å². The van der Waals surface area contributed by atoms with Gasteiger partial charge in [-0.25, -0.2) is 14.4 Å². The molecule has 354 valence electrons. The highest BCUT2D eigenvalue weighted by atomic mass is 79.9. The van der Waals surface area contributed by atoms with Gasteiger partial charge >= 0.3 is 30.0 Å². The SMILES string of the molecule is CC(=O)O[C@@]12CO[C@@H]1C[C@H](O)[C@@]1(C)C(=O)C(=O)C3C(C)C(OC(=O)C(OC(=O)CCCCBr)C(NC(=O)OC(C)(C)C)c4ccccc4)C[C@@](O)(C(OC(=O)c4ccccc4)C12)C3(C)C. The van der Waals surface area contributed by atoms with E-state index in [-0.39, 0.29) is 25.0 Å². The highest BCUT2D eigenvalue weighted by Gasteiger charge is 2.79. The number of Topliss-reactive ketones (excluding diaryl/α,β-unsaturated/α-hetero) is 2. The minimum absolute atomic E-state index is 0.0633. The molecule has 17 heteroatoms. The van der Waals surface area contributed by atoms with Crippen molar-refractivity contribution in [3.05, 3.63) is 71.8 Å². The topological polar surface area (TPSA) is 227 Å². The summed E-state index contributed by atoms with van der Waals surface area (Å²) in [5.74, 6) is -9.81. The van der Waals surface area contributed by atoms with E-state index < -0.39 is 130 Å². The lowest BCUT2D eigenvalue weighted by Gasteiger charge is -2.67. The van der Waals surface area contributed by atoms with Gasteiger partial charge in [0.15, 0.2) is 5.60 Å². The molecule has 0 radical (unpaired) electrons. The van der Waals surface area contributed by atoms with E-state index in [4.69, 9.17) is 28.4 Å². The van der Waals surface area contributed by atoms with Crippen molar-refractivity contribution in [3.8, 4) is 0 Å². The van der Waals surface area contributed by atoms with Crippen molar-refractivity contribution in [2.45, 2.75) is 141 Å². The number of carbonyl (C=O) groups is 7. The number of alkyl carbamates (subject to hydrolysis) is 1. The minimum atomic E-state index is -2.40. The van der Waals surface area contributed by atoms with Crippen LogP contribution in [0.4, 0.5) is 4.79 Å². The monoisotopic (exact) mass is 969 g/mol. The number of unbranched alkanes of at least 4 members (excludes halogenated alkanes) is 1. The van der Waals surface area contributed by atoms with Crippen molar-refractivity contribution in [1.29, 1.82) is 0 Å². The zero-order chi connectivity index (χ0) is 47.9. The van der Waals surface area contributed by atoms with E-state index in [9.17, 15) is 34.2 Å². The fourth-order valence-corrected chi connectivity index (χ4v) is 10.9. The van der Waals surface area contributed by atoms with Crippen molar-refractivity contribution in [2.75, 3.05) is 11.9 Å². The first-order valence-corrected chi connectivity index (χ1v) is 23.1. The number of esters is 4. The van der Waals surface area contributed by atoms with Crippen LogP contribution in [0, 0.1) is 28.6 Å². The van der Waals surface area contributed by atoms with Crippen LogP contribution in [-0.2, 0) is 52.4 Å². The van der Waals surface area contributed by atoms with Crippen molar-refractivity contribution in [2.24, 2.45) is 28.6 Å². The second kappa shape index (κ2) is 18.9. The van der Waals surface area contributed by atoms with Crippen LogP contribution >= 0.6 is 15.9 Å². The summed E-state index contributed by atoms with van der Waals surface area (Å²) < 4.78 is 36.0. The van der Waals surface area contributed by atoms with Crippen LogP contribution in [0.5, 0.6) is 0 Å². The largest absolute Gasteiger partial charge is 0.459 e. The summed E-state index contributed by atoms with van der Waals surface area (Å²) >= 11 is 3.35. The van der Waals surface area contributed by atoms with Gasteiger partial charge in [-0.3, -0.25) is 19.2 Å². The molecule has 4 aliphatic rings. The molecule has 1 heterocycles. The Morgan fingerprint density at radius 3 is 2.15 bits per heavy atom. The number of aliphatic hydroxyl groups excluding tert-OH is 1. The lowest BCUT2D eigenvalue weighted by molar-refractivity contribution is -0.350. The Hall–Kier alpha value is -4.71. The van der Waals surface area contributed by atoms with Gasteiger partial charge in [-0.05, 0) is 58.2 Å². The lowest BCUT2D eigenvalue weighted by atomic mass is 9.42. The maximum absolute atomic E-state index is 15.1. The molecule has 12 atom stereocenters. The van der Waals surface area contributed by atoms with Gasteiger partial charge in [0.05, 0.1) is 29.6 Å². The zero-order valence-electron chi connectivity index (χ0n) is 38.0. The molecule has 1 aliphatic heterocycles. The van der Waals surface area contributed by atoms with E-state index in [0.717, 1.165) is 6.92 Å². The van der Waals surface area contributed by atoms with Gasteiger partial charge in [0.25, 0.3) is 0 Å². The average Bonchev–Trinajstić information content (AvgIpc) is 3.23. The molecule has 7 unspecified atom stereocenters. The van der Waals surface area contributed by atoms with Crippen LogP contribution in [0.25, 0.3) is 0 Å². The average molecular weight is 971 g/mol. The van der Waals surface area contributed by atoms with E-state index in [0.29, 0.717) is 23.7 Å². The predicted molar refractivity (Wildman–Crippen MR) is 234 cm³/mol. The number of benzene rings is 2. The van der Waals surface area contributed by atoms with Gasteiger partial charge < -0.3 is 44.0 Å². The molecule has 3 aliphatic carbocycles. The molecule has 1 saturated heterocycles. The van der Waals surface area contributed by atoms with E-state index in [1.165, 1.54) is 19.1 Å². The first-order chi connectivity index (χ1) is 30.4. The van der Waals surface area contributed by atoms with Crippen LogP contribution in [0.1, 0.15) is 109 Å². The van der Waals surface area contributed by atoms with Gasteiger partial charge in [-0.15, -0.1) is 0 Å². The molecule has 2 bridgehead atoms. The van der Waals surface area contributed by atoms with E-state index in [2.05, 4.69) is 21.2 Å². The molecule has 2 aromatic carbocycles. The fraction of sp³-hybridized carbons (Fsp3) is 0.604. The highest BCUT2D eigenvalue weighted by molar-refractivity contribution is 9.09. The number of hydrogen-bond donors (Lipinski definition) is 3. The number of ether oxygens (including phenoxy) is 6. The quantitative estimate of drug-likeness (QED) is 0.0739. The van der Waals surface area contributed by atoms with E-state index in [1.54, 1.807) is 90.1 Å². The van der Waals surface area contributed by atoms with Crippen molar-refractivity contribution >= 4 is 57.5 Å². The Balaban J connectivity index is 1.50. The molecule has 0 aromatic heterocycles. The summed E-state index contributed by atoms with van der Waals surface area (Å²) in [4.78, 5) is 99.2. The number of hydrogen-bond acceptors (Lipinski definition) is 15. The number of ketones is 2. The van der Waals surface area contributed by atoms with Crippen LogP contribution < -0.4 is 5.32 Å². The molecule has 3 saturated carbocycles. The number of carbonyl (C=O) groups excluding carboxylic acids is 7. The van der Waals surface area contributed by atoms with Gasteiger partial charge in [0, 0.05) is 48.8 Å². The summed E-state index contributed by atoms with van der Waals surface area (Å²) in [6.07, 6.45) is -8.55. The van der Waals surface area contributed by atoms with Crippen LogP contribution in [-0.4, -0.2) is 111 Å². The summed E-state index contributed by atoms with van der Waals surface area (Å²) in [6, 6.07) is 14.7. The van der Waals surface area contributed by atoms with Gasteiger partial charge in [-0.1, -0.05) is 85.2 Å². The molecule has 1 amide bonds. The number of aliphatic hydroxyl groups is 2. The Bertz CT molecular complexity index is 2140. The molecule has 3 N–H and O–H groups in total. The zero-order valence-corrected chi connectivity index (χ0v) is 39.6. The number of fused-ring (bicyclic) bond motifs is 5. The maximum Gasteiger partial charge on any atom is 0.408 e. The number of amides is 1. The summed E-state index contributed by atoms with van der Waals surface area (Å²) in [6.45, 7) is 11.8. The van der Waals surface area contributed by atoms with Crippen LogP contribution in [0.2, 0.25) is 0 Å². The molecule has 0 spiro atoms. The molecular weight excluding hydrogens is 910 g/mol. The number of rotatable bonds is 13. The van der Waals surface area contributed by atoms with Crippen molar-refractivity contribution in [3.63, 3.8) is 0 Å². The van der Waals surface area contributed by atoms with E-state index in [1.807, 2.05) is 0 Å². The summed E-state index contributed by atoms with van der Waals surface area (Å²) in [7, 11) is 0. The Morgan fingerprint density at radius 1 is 0.954 bits per heavy atom. The molecule has 6 rings (SSSR count). The maximum atomic E-state index is 15.1. The first-order valence-electron chi connectivity index (χ1n) is 22.0. The predicted octanol–water partition coefficient (Wildman–Crippen LogP) is 5.52. The second-order valence-electron chi connectivity index (χ2n) is 19.5. The molecule has 16 nitrogen and oxygen atoms in total. The summed E-state index contributed by atoms with van der Waals surface area (Å²) in [5, 5.41) is 28.9. The Morgan fingerprint density at radius 2 is 1.58 bits per heavy atom. The minimum Gasteiger partial charge on any atom is -0.459 e. The molecule has 65 heavy (non-hydrogen) atoms. The standard InChI is InChI=1S/C48H60BrNO15/c1-26-30(61-42(57)37(62-33(53)21-15-16-22-49)35(28-17-11-9-12-18-28)50-43(58)65-44(3,4)5)24-48(59)40(63-41(56)29-19-13-10-14-20-29)38-46(8,39(55)36(54)34(26)45(48,6)7)31(52)23-32-47(38,25-60-32)64-27(2)51/h9-14,17-20,26,30-32,34-35,37-38,40,52,59H,15-16,21-25H2,1-8H3,(H,50,58)/t26?,30?,31-,32+,34?,35?,37?,38?,40?,46+,47-,48+/m0/s1. The third kappa shape index (κ3) is 9.35. The Kier molecular flexibility index (Phi) is 14.4. The van der Waals surface area contributed by atoms with E-state index >= 15 is 9.59 Å². The van der Waals surface area contributed by atoms with Crippen molar-refractivity contribution in [1.82, 2.24) is 5.32 Å². The van der Waals surface area contributed by atoms with Gasteiger partial charge in [0.1, 0.15) is 35.6 Å². The van der Waals surface area contributed by atoms with Gasteiger partial charge in [0.2, 0.25) is 17.7 Å². The van der Waals surface area contributed by atoms with Crippen LogP contribution in [0.3, 0.4) is 0 Å². The number of nitrogens with one attached hydrogen (secondary N) is 1. The highest BCUT2D eigenvalue weighted by Crippen LogP contribution is 2.64. The lowest BCUT2D eigenvalue weighted by Crippen LogP contribution is -2.82. The molecule has 4 fully saturated rings. The molecular formula is C48H60BrNO15. The smallest absolute Gasteiger partial charge is 0.408 e. The molecule has 2 aromatic rings. The van der Waals surface area contributed by atoms with Crippen LogP contribution in [0.15, 0.2) is 60.7 Å².